The van der Waals surface area contributed by atoms with Crippen LogP contribution in [-0.4, -0.2) is 47.2 Å². The molecule has 0 amide bonds. The molecule has 0 N–H and O–H groups in total. The first-order valence-electron chi connectivity index (χ1n) is 7.70. The van der Waals surface area contributed by atoms with E-state index in [1.807, 2.05) is 12.1 Å². The Kier molecular flexibility index (Phi) is 7.97. The van der Waals surface area contributed by atoms with E-state index < -0.39 is 0 Å². The van der Waals surface area contributed by atoms with E-state index in [9.17, 15) is 4.79 Å². The highest BCUT2D eigenvalue weighted by Gasteiger charge is 2.28. The molecule has 1 aliphatic rings. The summed E-state index contributed by atoms with van der Waals surface area (Å²) in [6.45, 7) is 6.38. The monoisotopic (exact) mass is 452 g/mol. The van der Waals surface area contributed by atoms with Gasteiger partial charge in [0.2, 0.25) is 0 Å². The van der Waals surface area contributed by atoms with Crippen LogP contribution < -0.4 is 0 Å². The number of hydrogen-bond acceptors (Lipinski definition) is 4. The maximum atomic E-state index is 12.5. The van der Waals surface area contributed by atoms with Crippen molar-refractivity contribution in [3.63, 3.8) is 0 Å². The molecule has 1 aromatic carbocycles. The molecule has 1 saturated heterocycles. The summed E-state index contributed by atoms with van der Waals surface area (Å²) in [6.07, 6.45) is 2.97. The summed E-state index contributed by atoms with van der Waals surface area (Å²) in [5, 5.41) is 0.672. The molecule has 0 aliphatic carbocycles. The summed E-state index contributed by atoms with van der Waals surface area (Å²) in [7, 11) is 1.75. The minimum atomic E-state index is 0.212. The molecule has 22 heavy (non-hydrogen) atoms. The van der Waals surface area contributed by atoms with Crippen LogP contribution in [0.25, 0.3) is 0 Å². The first-order valence-corrected chi connectivity index (χ1v) is 11.4. The maximum Gasteiger partial charge on any atom is 0.164 e. The smallest absolute Gasteiger partial charge is 0.164 e. The Morgan fingerprint density at radius 1 is 1.36 bits per heavy atom. The van der Waals surface area contributed by atoms with E-state index in [4.69, 9.17) is 11.6 Å². The van der Waals surface area contributed by atoms with Gasteiger partial charge in [0.15, 0.2) is 5.78 Å². The van der Waals surface area contributed by atoms with Gasteiger partial charge in [-0.3, -0.25) is 9.69 Å². The normalized spacial score (nSPS) is 20.2. The standard InChI is InChI=1S/C16H22ClIN2OS/c1-2-3-8-19-9-10-20(22-18)12-15(19)11-16(21)13-4-6-14(17)7-5-13/h4-7,15H,2-3,8-12H2,1H3. The number of piperazine rings is 1. The van der Waals surface area contributed by atoms with Crippen LogP contribution >= 0.6 is 41.9 Å². The van der Waals surface area contributed by atoms with Gasteiger partial charge in [0.05, 0.1) is 0 Å². The molecular weight excluding hydrogens is 431 g/mol. The quantitative estimate of drug-likeness (QED) is 0.340. The van der Waals surface area contributed by atoms with Crippen molar-refractivity contribution in [2.45, 2.75) is 32.2 Å². The Labute approximate surface area is 154 Å². The number of ketones is 1. The van der Waals surface area contributed by atoms with E-state index in [1.165, 1.54) is 12.8 Å². The molecule has 1 fully saturated rings. The first-order chi connectivity index (χ1) is 10.6. The lowest BCUT2D eigenvalue weighted by Crippen LogP contribution is -2.51. The van der Waals surface area contributed by atoms with Crippen LogP contribution in [0.3, 0.4) is 0 Å². The Morgan fingerprint density at radius 2 is 2.09 bits per heavy atom. The van der Waals surface area contributed by atoms with Gasteiger partial charge in [-0.1, -0.05) is 24.9 Å². The van der Waals surface area contributed by atoms with Gasteiger partial charge in [0.1, 0.15) is 0 Å². The molecule has 1 unspecified atom stereocenters. The molecule has 122 valence electrons. The Hall–Kier alpha value is 0.180. The molecular formula is C16H22ClIN2OS. The van der Waals surface area contributed by atoms with Gasteiger partial charge >= 0.3 is 0 Å². The van der Waals surface area contributed by atoms with Gasteiger partial charge in [-0.05, 0) is 46.4 Å². The average molecular weight is 453 g/mol. The van der Waals surface area contributed by atoms with E-state index in [0.717, 1.165) is 31.7 Å². The molecule has 1 heterocycles. The van der Waals surface area contributed by atoms with E-state index >= 15 is 0 Å². The second-order valence-electron chi connectivity index (χ2n) is 5.63. The first kappa shape index (κ1) is 18.5. The van der Waals surface area contributed by atoms with Crippen molar-refractivity contribution in [3.05, 3.63) is 34.9 Å². The van der Waals surface area contributed by atoms with Crippen LogP contribution in [0.5, 0.6) is 0 Å². The highest BCUT2D eigenvalue weighted by Crippen LogP contribution is 2.25. The molecule has 1 atom stereocenters. The molecule has 6 heteroatoms. The second kappa shape index (κ2) is 9.47. The molecule has 0 aromatic heterocycles. The topological polar surface area (TPSA) is 23.6 Å². The zero-order chi connectivity index (χ0) is 15.9. The lowest BCUT2D eigenvalue weighted by molar-refractivity contribution is 0.0825. The van der Waals surface area contributed by atoms with Crippen LogP contribution in [-0.2, 0) is 0 Å². The third-order valence-electron chi connectivity index (χ3n) is 4.05. The number of unbranched alkanes of at least 4 members (excludes halogenated alkanes) is 1. The fourth-order valence-corrected chi connectivity index (χ4v) is 4.32. The predicted molar refractivity (Wildman–Crippen MR) is 104 cm³/mol. The molecule has 1 aliphatic heterocycles. The highest BCUT2D eigenvalue weighted by molar-refractivity contribution is 14.2. The zero-order valence-electron chi connectivity index (χ0n) is 12.8. The lowest BCUT2D eigenvalue weighted by Gasteiger charge is -2.40. The number of hydrogen-bond donors (Lipinski definition) is 0. The third kappa shape index (κ3) is 5.37. The number of nitrogens with zero attached hydrogens (tertiary/aromatic N) is 2. The van der Waals surface area contributed by atoms with Crippen LogP contribution in [0.1, 0.15) is 36.5 Å². The minimum absolute atomic E-state index is 0.212. The minimum Gasteiger partial charge on any atom is -0.297 e. The molecule has 3 nitrogen and oxygen atoms in total. The number of rotatable bonds is 7. The van der Waals surface area contributed by atoms with Crippen LogP contribution in [0.4, 0.5) is 0 Å². The lowest BCUT2D eigenvalue weighted by atomic mass is 10.0. The summed E-state index contributed by atoms with van der Waals surface area (Å²) in [5.41, 5.74) is 0.763. The number of halogens is 2. The number of benzene rings is 1. The van der Waals surface area contributed by atoms with Gasteiger partial charge in [-0.15, -0.1) is 0 Å². The molecule has 0 saturated carbocycles. The molecule has 0 spiro atoms. The summed E-state index contributed by atoms with van der Waals surface area (Å²) >= 11 is 8.22. The van der Waals surface area contributed by atoms with Crippen molar-refractivity contribution in [1.82, 2.24) is 9.21 Å². The average Bonchev–Trinajstić information content (AvgIpc) is 2.54. The van der Waals surface area contributed by atoms with Crippen molar-refractivity contribution < 1.29 is 4.79 Å². The maximum absolute atomic E-state index is 12.5. The fraction of sp³-hybridized carbons (Fsp3) is 0.562. The van der Waals surface area contributed by atoms with Crippen molar-refractivity contribution in [2.24, 2.45) is 0 Å². The second-order valence-corrected chi connectivity index (χ2v) is 7.91. The molecule has 2 rings (SSSR count). The fourth-order valence-electron chi connectivity index (χ4n) is 2.74. The third-order valence-corrected chi connectivity index (χ3v) is 6.50. The number of carbonyl (C=O) groups is 1. The highest BCUT2D eigenvalue weighted by atomic mass is 127. The van der Waals surface area contributed by atoms with E-state index in [0.29, 0.717) is 17.5 Å². The Bertz CT molecular complexity index is 486. The summed E-state index contributed by atoms with van der Waals surface area (Å²) < 4.78 is 2.35. The van der Waals surface area contributed by atoms with Crippen molar-refractivity contribution in [2.75, 3.05) is 26.2 Å². The number of Topliss-reactive ketones (excluding diaryl/α,β-unsaturated/α-hetero) is 1. The van der Waals surface area contributed by atoms with E-state index in [-0.39, 0.29) is 5.78 Å². The SMILES string of the molecule is CCCCN1CCN(SI)CC1CC(=O)c1ccc(Cl)cc1. The summed E-state index contributed by atoms with van der Waals surface area (Å²) in [4.78, 5) is 15.0. The summed E-state index contributed by atoms with van der Waals surface area (Å²) in [5.74, 6) is 0.212. The van der Waals surface area contributed by atoms with Crippen molar-refractivity contribution in [1.29, 1.82) is 0 Å². The van der Waals surface area contributed by atoms with Gasteiger partial charge in [0, 0.05) is 63.9 Å². The number of carbonyl (C=O) groups excluding carboxylic acids is 1. The zero-order valence-corrected chi connectivity index (χ0v) is 16.5. The summed E-state index contributed by atoms with van der Waals surface area (Å²) in [6, 6.07) is 7.55. The van der Waals surface area contributed by atoms with Crippen LogP contribution in [0.2, 0.25) is 5.02 Å². The van der Waals surface area contributed by atoms with Gasteiger partial charge in [0.25, 0.3) is 0 Å². The molecule has 1 aromatic rings. The van der Waals surface area contributed by atoms with Crippen LogP contribution in [0, 0.1) is 0 Å². The van der Waals surface area contributed by atoms with Gasteiger partial charge in [-0.2, -0.15) is 0 Å². The largest absolute Gasteiger partial charge is 0.297 e. The van der Waals surface area contributed by atoms with E-state index in [2.05, 4.69) is 37.3 Å². The Balaban J connectivity index is 2.01. The molecule has 0 bridgehead atoms. The van der Waals surface area contributed by atoms with E-state index in [1.54, 1.807) is 21.3 Å². The van der Waals surface area contributed by atoms with Crippen molar-refractivity contribution >= 4 is 47.7 Å². The van der Waals surface area contributed by atoms with Crippen molar-refractivity contribution in [3.8, 4) is 0 Å². The predicted octanol–water partition coefficient (Wildman–Crippen LogP) is 4.70. The van der Waals surface area contributed by atoms with Gasteiger partial charge in [-0.25, -0.2) is 4.31 Å². The molecule has 0 radical (unpaired) electrons. The Morgan fingerprint density at radius 3 is 2.73 bits per heavy atom. The van der Waals surface area contributed by atoms with Gasteiger partial charge < -0.3 is 0 Å². The van der Waals surface area contributed by atoms with Crippen LogP contribution in [0.15, 0.2) is 24.3 Å².